The van der Waals surface area contributed by atoms with E-state index in [4.69, 9.17) is 0 Å². The van der Waals surface area contributed by atoms with Crippen molar-refractivity contribution in [2.45, 2.75) is 0 Å². The predicted molar refractivity (Wildman–Crippen MR) is 138 cm³/mol. The Hall–Kier alpha value is -3.42. The lowest BCUT2D eigenvalue weighted by Crippen LogP contribution is -1.87. The van der Waals surface area contributed by atoms with Crippen LogP contribution in [0.3, 0.4) is 0 Å². The highest BCUT2D eigenvalue weighted by molar-refractivity contribution is 9.10. The van der Waals surface area contributed by atoms with Gasteiger partial charge in [-0.25, -0.2) is 0 Å². The maximum absolute atomic E-state index is 3.96. The lowest BCUT2D eigenvalue weighted by atomic mass is 9.93. The van der Waals surface area contributed by atoms with Crippen LogP contribution in [0, 0.1) is 0 Å². The molecular formula is C30H19Br. The number of halogens is 1. The molecule has 0 nitrogen and oxygen atoms in total. The fourth-order valence-electron chi connectivity index (χ4n) is 4.60. The first-order valence-electron chi connectivity index (χ1n) is 10.5. The number of fused-ring (bicyclic) bond motifs is 3. The average molecular weight is 459 g/mol. The van der Waals surface area contributed by atoms with Crippen LogP contribution in [0.2, 0.25) is 0 Å². The van der Waals surface area contributed by atoms with Crippen LogP contribution in [0.4, 0.5) is 0 Å². The Morgan fingerprint density at radius 3 is 1.68 bits per heavy atom. The standard InChI is InChI=1S/C30H19Br/c31-30-28(27-14-6-10-21-8-2-4-12-25(21)27)18-17-22-15-16-23(19-29(22)30)26-13-5-9-20-7-1-3-11-24(20)26/h1-19H. The molecular weight excluding hydrogens is 440 g/mol. The predicted octanol–water partition coefficient (Wildman–Crippen LogP) is 9.24. The monoisotopic (exact) mass is 458 g/mol. The van der Waals surface area contributed by atoms with E-state index in [-0.39, 0.29) is 0 Å². The summed E-state index contributed by atoms with van der Waals surface area (Å²) in [6.07, 6.45) is 0. The summed E-state index contributed by atoms with van der Waals surface area (Å²) in [5, 5.41) is 7.55. The molecule has 0 aliphatic rings. The van der Waals surface area contributed by atoms with Gasteiger partial charge in [0.1, 0.15) is 0 Å². The zero-order valence-electron chi connectivity index (χ0n) is 16.8. The van der Waals surface area contributed by atoms with Gasteiger partial charge in [-0.15, -0.1) is 0 Å². The van der Waals surface area contributed by atoms with Gasteiger partial charge in [0.2, 0.25) is 0 Å². The van der Waals surface area contributed by atoms with Crippen molar-refractivity contribution < 1.29 is 0 Å². The summed E-state index contributed by atoms with van der Waals surface area (Å²) in [6.45, 7) is 0. The van der Waals surface area contributed by atoms with Gasteiger partial charge in [0.05, 0.1) is 0 Å². The second-order valence-electron chi connectivity index (χ2n) is 7.92. The van der Waals surface area contributed by atoms with Gasteiger partial charge in [0, 0.05) is 4.47 Å². The lowest BCUT2D eigenvalue weighted by Gasteiger charge is -2.13. The third-order valence-corrected chi connectivity index (χ3v) is 6.99. The smallest absolute Gasteiger partial charge is 0.0332 e. The van der Waals surface area contributed by atoms with Crippen molar-refractivity contribution >= 4 is 48.2 Å². The highest BCUT2D eigenvalue weighted by Gasteiger charge is 2.12. The van der Waals surface area contributed by atoms with E-state index < -0.39 is 0 Å². The summed E-state index contributed by atoms with van der Waals surface area (Å²) in [5.74, 6) is 0. The van der Waals surface area contributed by atoms with E-state index in [0.29, 0.717) is 0 Å². The molecule has 146 valence electrons. The third kappa shape index (κ3) is 3.05. The maximum Gasteiger partial charge on any atom is 0.0332 e. The Morgan fingerprint density at radius 2 is 0.935 bits per heavy atom. The zero-order valence-corrected chi connectivity index (χ0v) is 18.4. The SMILES string of the molecule is Brc1c(-c2cccc3ccccc23)ccc2ccc(-c3cccc4ccccc34)cc12. The molecule has 0 aromatic heterocycles. The van der Waals surface area contributed by atoms with Crippen LogP contribution >= 0.6 is 15.9 Å². The van der Waals surface area contributed by atoms with Gasteiger partial charge in [-0.1, -0.05) is 109 Å². The Labute approximate surface area is 189 Å². The van der Waals surface area contributed by atoms with Gasteiger partial charge in [0.25, 0.3) is 0 Å². The Bertz CT molecular complexity index is 1580. The summed E-state index contributed by atoms with van der Waals surface area (Å²) >= 11 is 3.96. The molecule has 0 fully saturated rings. The van der Waals surface area contributed by atoms with E-state index in [1.54, 1.807) is 0 Å². The van der Waals surface area contributed by atoms with Crippen LogP contribution in [0.1, 0.15) is 0 Å². The molecule has 1 heteroatoms. The average Bonchev–Trinajstić information content (AvgIpc) is 2.84. The minimum atomic E-state index is 1.14. The van der Waals surface area contributed by atoms with Gasteiger partial charge in [-0.05, 0) is 76.6 Å². The Kier molecular flexibility index (Phi) is 4.36. The van der Waals surface area contributed by atoms with Crippen molar-refractivity contribution in [3.05, 3.63) is 120 Å². The van der Waals surface area contributed by atoms with Crippen LogP contribution in [0.5, 0.6) is 0 Å². The van der Waals surface area contributed by atoms with Gasteiger partial charge >= 0.3 is 0 Å². The molecule has 0 bridgehead atoms. The summed E-state index contributed by atoms with van der Waals surface area (Å²) in [7, 11) is 0. The molecule has 0 atom stereocenters. The fourth-order valence-corrected chi connectivity index (χ4v) is 5.29. The van der Waals surface area contributed by atoms with Crippen LogP contribution in [0.15, 0.2) is 120 Å². The zero-order chi connectivity index (χ0) is 20.8. The number of hydrogen-bond acceptors (Lipinski definition) is 0. The molecule has 6 aromatic carbocycles. The van der Waals surface area contributed by atoms with Crippen molar-refractivity contribution in [3.63, 3.8) is 0 Å². The molecule has 31 heavy (non-hydrogen) atoms. The summed E-state index contributed by atoms with van der Waals surface area (Å²) < 4.78 is 1.14. The first-order valence-corrected chi connectivity index (χ1v) is 11.3. The van der Waals surface area contributed by atoms with Gasteiger partial charge < -0.3 is 0 Å². The van der Waals surface area contributed by atoms with E-state index >= 15 is 0 Å². The quantitative estimate of drug-likeness (QED) is 0.242. The molecule has 0 unspecified atom stereocenters. The summed E-state index contributed by atoms with van der Waals surface area (Å²) in [6, 6.07) is 41.5. The van der Waals surface area contributed by atoms with E-state index in [9.17, 15) is 0 Å². The molecule has 0 aliphatic carbocycles. The highest BCUT2D eigenvalue weighted by Crippen LogP contribution is 2.40. The maximum atomic E-state index is 3.96. The largest absolute Gasteiger partial charge is 0.0616 e. The topological polar surface area (TPSA) is 0 Å². The summed E-state index contributed by atoms with van der Waals surface area (Å²) in [4.78, 5) is 0. The van der Waals surface area contributed by atoms with Crippen LogP contribution in [0.25, 0.3) is 54.6 Å². The molecule has 0 heterocycles. The summed E-state index contributed by atoms with van der Waals surface area (Å²) in [5.41, 5.74) is 4.98. The minimum absolute atomic E-state index is 1.14. The van der Waals surface area contributed by atoms with Gasteiger partial charge in [-0.2, -0.15) is 0 Å². The fraction of sp³-hybridized carbons (Fsp3) is 0. The van der Waals surface area contributed by atoms with E-state index in [0.717, 1.165) is 4.47 Å². The van der Waals surface area contributed by atoms with Crippen molar-refractivity contribution in [3.8, 4) is 22.3 Å². The second kappa shape index (κ2) is 7.37. The number of benzene rings is 6. The normalized spacial score (nSPS) is 11.4. The van der Waals surface area contributed by atoms with E-state index in [2.05, 4.69) is 131 Å². The van der Waals surface area contributed by atoms with Crippen molar-refractivity contribution in [2.24, 2.45) is 0 Å². The van der Waals surface area contributed by atoms with Crippen molar-refractivity contribution in [1.82, 2.24) is 0 Å². The molecule has 6 aromatic rings. The van der Waals surface area contributed by atoms with Crippen LogP contribution in [-0.2, 0) is 0 Å². The molecule has 0 N–H and O–H groups in total. The van der Waals surface area contributed by atoms with Gasteiger partial charge in [-0.3, -0.25) is 0 Å². The third-order valence-electron chi connectivity index (χ3n) is 6.14. The van der Waals surface area contributed by atoms with E-state index in [1.807, 2.05) is 0 Å². The molecule has 0 amide bonds. The first kappa shape index (κ1) is 18.4. The highest BCUT2D eigenvalue weighted by atomic mass is 79.9. The van der Waals surface area contributed by atoms with Crippen LogP contribution in [-0.4, -0.2) is 0 Å². The van der Waals surface area contributed by atoms with Crippen molar-refractivity contribution in [1.29, 1.82) is 0 Å². The molecule has 0 saturated carbocycles. The molecule has 0 radical (unpaired) electrons. The van der Waals surface area contributed by atoms with Crippen LogP contribution < -0.4 is 0 Å². The molecule has 0 spiro atoms. The van der Waals surface area contributed by atoms with E-state index in [1.165, 1.54) is 54.6 Å². The first-order chi connectivity index (χ1) is 15.3. The minimum Gasteiger partial charge on any atom is -0.0616 e. The second-order valence-corrected chi connectivity index (χ2v) is 8.71. The Balaban J connectivity index is 1.59. The number of rotatable bonds is 2. The van der Waals surface area contributed by atoms with Crippen molar-refractivity contribution in [2.75, 3.05) is 0 Å². The van der Waals surface area contributed by atoms with Gasteiger partial charge in [0.15, 0.2) is 0 Å². The number of hydrogen-bond donors (Lipinski definition) is 0. The molecule has 6 rings (SSSR count). The molecule has 0 aliphatic heterocycles. The Morgan fingerprint density at radius 1 is 0.387 bits per heavy atom. The lowest BCUT2D eigenvalue weighted by molar-refractivity contribution is 1.64. The molecule has 0 saturated heterocycles.